The molecule has 0 spiro atoms. The quantitative estimate of drug-likeness (QED) is 0.868. The summed E-state index contributed by atoms with van der Waals surface area (Å²) in [5.41, 5.74) is 6.23. The maximum atomic E-state index is 12.0. The number of rotatable bonds is 3. The summed E-state index contributed by atoms with van der Waals surface area (Å²) in [6.07, 6.45) is 2.58. The minimum absolute atomic E-state index is 0.0730. The highest BCUT2D eigenvalue weighted by atomic mass is 35.5. The maximum Gasteiger partial charge on any atom is 0.240 e. The van der Waals surface area contributed by atoms with Crippen molar-refractivity contribution >= 4 is 17.5 Å². The SMILES string of the molecule is C[C@H](NC(=O)C1(N)CCC1)c1ccccc1Cl. The molecule has 1 aromatic rings. The highest BCUT2D eigenvalue weighted by Gasteiger charge is 2.40. The van der Waals surface area contributed by atoms with Gasteiger partial charge in [0.2, 0.25) is 5.91 Å². The van der Waals surface area contributed by atoms with Crippen LogP contribution in [-0.4, -0.2) is 11.4 Å². The second kappa shape index (κ2) is 4.67. The van der Waals surface area contributed by atoms with E-state index in [0.717, 1.165) is 24.8 Å². The molecule has 1 aliphatic carbocycles. The average molecular weight is 253 g/mol. The van der Waals surface area contributed by atoms with Gasteiger partial charge >= 0.3 is 0 Å². The smallest absolute Gasteiger partial charge is 0.240 e. The zero-order valence-electron chi connectivity index (χ0n) is 9.87. The Hall–Kier alpha value is -1.06. The first kappa shape index (κ1) is 12.4. The van der Waals surface area contributed by atoms with Crippen molar-refractivity contribution in [3.05, 3.63) is 34.9 Å². The molecule has 0 saturated heterocycles. The molecule has 1 aromatic carbocycles. The van der Waals surface area contributed by atoms with Crippen molar-refractivity contribution in [1.82, 2.24) is 5.32 Å². The van der Waals surface area contributed by atoms with Crippen LogP contribution >= 0.6 is 11.6 Å². The van der Waals surface area contributed by atoms with Crippen LogP contribution in [0, 0.1) is 0 Å². The van der Waals surface area contributed by atoms with Gasteiger partial charge in [-0.1, -0.05) is 29.8 Å². The van der Waals surface area contributed by atoms with Crippen LogP contribution in [0.25, 0.3) is 0 Å². The zero-order valence-corrected chi connectivity index (χ0v) is 10.6. The molecule has 92 valence electrons. The summed E-state index contributed by atoms with van der Waals surface area (Å²) >= 11 is 6.08. The maximum absolute atomic E-state index is 12.0. The predicted octanol–water partition coefficient (Wildman–Crippen LogP) is 2.40. The fourth-order valence-corrected chi connectivity index (χ4v) is 2.33. The summed E-state index contributed by atoms with van der Waals surface area (Å²) in [6.45, 7) is 1.92. The fraction of sp³-hybridized carbons (Fsp3) is 0.462. The fourth-order valence-electron chi connectivity index (χ4n) is 2.03. The summed E-state index contributed by atoms with van der Waals surface area (Å²) in [6, 6.07) is 7.40. The second-order valence-corrected chi connectivity index (χ2v) is 5.13. The Morgan fingerprint density at radius 3 is 2.65 bits per heavy atom. The molecule has 17 heavy (non-hydrogen) atoms. The lowest BCUT2D eigenvalue weighted by atomic mass is 9.77. The van der Waals surface area contributed by atoms with E-state index in [4.69, 9.17) is 17.3 Å². The molecule has 0 aliphatic heterocycles. The van der Waals surface area contributed by atoms with E-state index < -0.39 is 5.54 Å². The van der Waals surface area contributed by atoms with Crippen LogP contribution in [0.5, 0.6) is 0 Å². The summed E-state index contributed by atoms with van der Waals surface area (Å²) < 4.78 is 0. The molecule has 4 heteroatoms. The normalized spacial score (nSPS) is 19.2. The largest absolute Gasteiger partial charge is 0.348 e. The molecular weight excluding hydrogens is 236 g/mol. The first-order valence-electron chi connectivity index (χ1n) is 5.87. The Labute approximate surface area is 106 Å². The van der Waals surface area contributed by atoms with Crippen molar-refractivity contribution in [2.75, 3.05) is 0 Å². The summed E-state index contributed by atoms with van der Waals surface area (Å²) in [7, 11) is 0. The second-order valence-electron chi connectivity index (χ2n) is 4.73. The molecule has 1 saturated carbocycles. The Morgan fingerprint density at radius 1 is 1.47 bits per heavy atom. The minimum Gasteiger partial charge on any atom is -0.348 e. The molecule has 0 aromatic heterocycles. The van der Waals surface area contributed by atoms with E-state index in [2.05, 4.69) is 5.32 Å². The van der Waals surface area contributed by atoms with Gasteiger partial charge < -0.3 is 11.1 Å². The molecule has 1 atom stereocenters. The van der Waals surface area contributed by atoms with Crippen LogP contribution in [0.1, 0.15) is 37.8 Å². The van der Waals surface area contributed by atoms with E-state index in [1.54, 1.807) is 0 Å². The monoisotopic (exact) mass is 252 g/mol. The lowest BCUT2D eigenvalue weighted by Gasteiger charge is -2.37. The third-order valence-electron chi connectivity index (χ3n) is 3.42. The van der Waals surface area contributed by atoms with Crippen LogP contribution in [0.3, 0.4) is 0 Å². The van der Waals surface area contributed by atoms with E-state index in [1.165, 1.54) is 0 Å². The van der Waals surface area contributed by atoms with Gasteiger partial charge in [-0.3, -0.25) is 4.79 Å². The summed E-state index contributed by atoms with van der Waals surface area (Å²) in [5, 5.41) is 3.60. The molecule has 0 heterocycles. The average Bonchev–Trinajstić information content (AvgIpc) is 2.26. The predicted molar refractivity (Wildman–Crippen MR) is 68.8 cm³/mol. The molecular formula is C13H17ClN2O. The first-order valence-corrected chi connectivity index (χ1v) is 6.25. The Balaban J connectivity index is 2.04. The van der Waals surface area contributed by atoms with Crippen molar-refractivity contribution in [2.24, 2.45) is 5.73 Å². The van der Waals surface area contributed by atoms with Gasteiger partial charge in [0, 0.05) is 5.02 Å². The van der Waals surface area contributed by atoms with Gasteiger partial charge in [0.05, 0.1) is 11.6 Å². The number of halogens is 1. The van der Waals surface area contributed by atoms with Gasteiger partial charge in [-0.25, -0.2) is 0 Å². The number of benzene rings is 1. The number of hydrogen-bond donors (Lipinski definition) is 2. The third kappa shape index (κ3) is 2.45. The molecule has 1 fully saturated rings. The molecule has 3 N–H and O–H groups in total. The molecule has 1 amide bonds. The van der Waals surface area contributed by atoms with Gasteiger partial charge in [-0.15, -0.1) is 0 Å². The van der Waals surface area contributed by atoms with Crippen LogP contribution in [0.2, 0.25) is 5.02 Å². The highest BCUT2D eigenvalue weighted by molar-refractivity contribution is 6.31. The number of nitrogens with one attached hydrogen (secondary N) is 1. The topological polar surface area (TPSA) is 55.1 Å². The zero-order chi connectivity index (χ0) is 12.5. The van der Waals surface area contributed by atoms with Crippen molar-refractivity contribution in [3.63, 3.8) is 0 Å². The number of carbonyl (C=O) groups excluding carboxylic acids is 1. The Morgan fingerprint density at radius 2 is 2.12 bits per heavy atom. The minimum atomic E-state index is -0.657. The van der Waals surface area contributed by atoms with Gasteiger partial charge in [0.25, 0.3) is 0 Å². The van der Waals surface area contributed by atoms with Crippen LogP contribution in [0.15, 0.2) is 24.3 Å². The van der Waals surface area contributed by atoms with E-state index in [0.29, 0.717) is 5.02 Å². The van der Waals surface area contributed by atoms with Crippen LogP contribution in [-0.2, 0) is 4.79 Å². The van der Waals surface area contributed by atoms with Crippen molar-refractivity contribution < 1.29 is 4.79 Å². The van der Waals surface area contributed by atoms with Crippen LogP contribution in [0.4, 0.5) is 0 Å². The van der Waals surface area contributed by atoms with E-state index in [1.807, 2.05) is 31.2 Å². The number of amides is 1. The molecule has 1 aliphatic rings. The summed E-state index contributed by atoms with van der Waals surface area (Å²) in [5.74, 6) is -0.0730. The van der Waals surface area contributed by atoms with E-state index in [9.17, 15) is 4.79 Å². The molecule has 0 radical (unpaired) electrons. The standard InChI is InChI=1S/C13H17ClN2O/c1-9(10-5-2-3-6-11(10)14)16-12(17)13(15)7-4-8-13/h2-3,5-6,9H,4,7-8,15H2,1H3,(H,16,17)/t9-/m0/s1. The van der Waals surface area contributed by atoms with Gasteiger partial charge in [0.1, 0.15) is 0 Å². The van der Waals surface area contributed by atoms with Crippen LogP contribution < -0.4 is 11.1 Å². The molecule has 2 rings (SSSR count). The first-order chi connectivity index (χ1) is 8.03. The number of nitrogens with two attached hydrogens (primary N) is 1. The molecule has 0 bridgehead atoms. The lowest BCUT2D eigenvalue weighted by Crippen LogP contribution is -2.58. The lowest BCUT2D eigenvalue weighted by molar-refractivity contribution is -0.129. The third-order valence-corrected chi connectivity index (χ3v) is 3.76. The van der Waals surface area contributed by atoms with E-state index >= 15 is 0 Å². The Bertz CT molecular complexity index is 429. The number of hydrogen-bond acceptors (Lipinski definition) is 2. The van der Waals surface area contributed by atoms with Gasteiger partial charge in [-0.2, -0.15) is 0 Å². The van der Waals surface area contributed by atoms with Gasteiger partial charge in [0.15, 0.2) is 0 Å². The van der Waals surface area contributed by atoms with Gasteiger partial charge in [-0.05, 0) is 37.8 Å². The Kier molecular flexibility index (Phi) is 3.40. The van der Waals surface area contributed by atoms with Crippen molar-refractivity contribution in [3.8, 4) is 0 Å². The summed E-state index contributed by atoms with van der Waals surface area (Å²) in [4.78, 5) is 12.0. The highest BCUT2D eigenvalue weighted by Crippen LogP contribution is 2.30. The number of carbonyl (C=O) groups is 1. The van der Waals surface area contributed by atoms with E-state index in [-0.39, 0.29) is 11.9 Å². The van der Waals surface area contributed by atoms with Crippen molar-refractivity contribution in [2.45, 2.75) is 37.8 Å². The molecule has 0 unspecified atom stereocenters. The molecule has 3 nitrogen and oxygen atoms in total. The van der Waals surface area contributed by atoms with Crippen molar-refractivity contribution in [1.29, 1.82) is 0 Å².